The lowest BCUT2D eigenvalue weighted by molar-refractivity contribution is 0.0931. The molecule has 1 amide bonds. The molecule has 2 aromatic carbocycles. The van der Waals surface area contributed by atoms with Gasteiger partial charge in [-0.2, -0.15) is 0 Å². The maximum atomic E-state index is 12.5. The van der Waals surface area contributed by atoms with E-state index in [1.807, 2.05) is 42.5 Å². The van der Waals surface area contributed by atoms with Crippen LogP contribution in [0.2, 0.25) is 0 Å². The summed E-state index contributed by atoms with van der Waals surface area (Å²) in [5.41, 5.74) is 1.81. The Morgan fingerprint density at radius 3 is 2.29 bits per heavy atom. The number of amides is 1. The van der Waals surface area contributed by atoms with Crippen molar-refractivity contribution >= 4 is 21.8 Å². The Labute approximate surface area is 134 Å². The van der Waals surface area contributed by atoms with Crippen LogP contribution in [0, 0.1) is 5.92 Å². The third kappa shape index (κ3) is 4.43. The Hall–Kier alpha value is -1.61. The molecule has 0 saturated carbocycles. The quantitative estimate of drug-likeness (QED) is 0.814. The predicted molar refractivity (Wildman–Crippen MR) is 90.2 cm³/mol. The van der Waals surface area contributed by atoms with Gasteiger partial charge in [-0.25, -0.2) is 0 Å². The van der Waals surface area contributed by atoms with Gasteiger partial charge in [-0.15, -0.1) is 0 Å². The van der Waals surface area contributed by atoms with Crippen LogP contribution in [0.25, 0.3) is 0 Å². The summed E-state index contributed by atoms with van der Waals surface area (Å²) in [6.07, 6.45) is 0.917. The minimum absolute atomic E-state index is 0.0332. The molecule has 0 aliphatic rings. The number of nitrogens with one attached hydrogen (secondary N) is 1. The summed E-state index contributed by atoms with van der Waals surface area (Å²) < 4.78 is 0.818. The Bertz CT molecular complexity index is 595. The minimum Gasteiger partial charge on any atom is -0.345 e. The number of rotatable bonds is 5. The van der Waals surface area contributed by atoms with Crippen LogP contribution in [0.3, 0.4) is 0 Å². The Morgan fingerprint density at radius 1 is 1.05 bits per heavy atom. The standard InChI is InChI=1S/C18H20BrNO/c1-13(2)12-17(14-8-4-3-5-9-14)20-18(21)15-10-6-7-11-16(15)19/h3-11,13,17H,12H2,1-2H3,(H,20,21). The predicted octanol–water partition coefficient (Wildman–Crippen LogP) is 4.97. The molecule has 0 aromatic heterocycles. The van der Waals surface area contributed by atoms with Gasteiger partial charge in [-0.1, -0.05) is 56.3 Å². The Kier molecular flexibility index (Phi) is 5.57. The molecule has 2 aromatic rings. The van der Waals surface area contributed by atoms with E-state index in [0.29, 0.717) is 11.5 Å². The molecule has 0 saturated heterocycles. The maximum absolute atomic E-state index is 12.5. The van der Waals surface area contributed by atoms with Gasteiger partial charge in [0.25, 0.3) is 5.91 Å². The van der Waals surface area contributed by atoms with Crippen molar-refractivity contribution in [2.45, 2.75) is 26.3 Å². The first-order chi connectivity index (χ1) is 10.1. The van der Waals surface area contributed by atoms with Gasteiger partial charge in [0.15, 0.2) is 0 Å². The zero-order chi connectivity index (χ0) is 15.2. The van der Waals surface area contributed by atoms with E-state index in [0.717, 1.165) is 16.5 Å². The van der Waals surface area contributed by atoms with Crippen LogP contribution in [-0.4, -0.2) is 5.91 Å². The average Bonchev–Trinajstić information content (AvgIpc) is 2.47. The van der Waals surface area contributed by atoms with Gasteiger partial charge in [0.05, 0.1) is 11.6 Å². The molecule has 2 rings (SSSR count). The molecule has 0 fully saturated rings. The van der Waals surface area contributed by atoms with Crippen molar-refractivity contribution in [2.24, 2.45) is 5.92 Å². The summed E-state index contributed by atoms with van der Waals surface area (Å²) >= 11 is 3.43. The largest absolute Gasteiger partial charge is 0.345 e. The third-order valence-corrected chi connectivity index (χ3v) is 4.02. The molecular formula is C18H20BrNO. The molecule has 3 heteroatoms. The zero-order valence-electron chi connectivity index (χ0n) is 12.3. The number of carbonyl (C=O) groups is 1. The highest BCUT2D eigenvalue weighted by Crippen LogP contribution is 2.23. The van der Waals surface area contributed by atoms with E-state index in [1.165, 1.54) is 0 Å². The van der Waals surface area contributed by atoms with Gasteiger partial charge < -0.3 is 5.32 Å². The third-order valence-electron chi connectivity index (χ3n) is 3.33. The number of hydrogen-bond donors (Lipinski definition) is 1. The van der Waals surface area contributed by atoms with Crippen molar-refractivity contribution in [3.8, 4) is 0 Å². The summed E-state index contributed by atoms with van der Waals surface area (Å²) in [5, 5.41) is 3.15. The van der Waals surface area contributed by atoms with E-state index in [9.17, 15) is 4.79 Å². The second-order valence-corrected chi connectivity index (χ2v) is 6.40. The Morgan fingerprint density at radius 2 is 1.67 bits per heavy atom. The molecule has 1 unspecified atom stereocenters. The van der Waals surface area contributed by atoms with Crippen LogP contribution in [0.1, 0.15) is 42.2 Å². The molecule has 1 atom stereocenters. The smallest absolute Gasteiger partial charge is 0.252 e. The minimum atomic E-state index is -0.0445. The molecule has 2 nitrogen and oxygen atoms in total. The first-order valence-corrected chi connectivity index (χ1v) is 7.97. The Balaban J connectivity index is 2.19. The van der Waals surface area contributed by atoms with Crippen LogP contribution in [0.15, 0.2) is 59.1 Å². The fourth-order valence-corrected chi connectivity index (χ4v) is 2.78. The van der Waals surface area contributed by atoms with Gasteiger partial charge in [-0.05, 0) is 46.0 Å². The van der Waals surface area contributed by atoms with Gasteiger partial charge in [0, 0.05) is 4.47 Å². The van der Waals surface area contributed by atoms with Crippen molar-refractivity contribution in [3.63, 3.8) is 0 Å². The van der Waals surface area contributed by atoms with Crippen molar-refractivity contribution in [1.29, 1.82) is 0 Å². The highest BCUT2D eigenvalue weighted by molar-refractivity contribution is 9.10. The average molecular weight is 346 g/mol. The van der Waals surface area contributed by atoms with Gasteiger partial charge >= 0.3 is 0 Å². The van der Waals surface area contributed by atoms with E-state index >= 15 is 0 Å². The van der Waals surface area contributed by atoms with Crippen LogP contribution in [-0.2, 0) is 0 Å². The summed E-state index contributed by atoms with van der Waals surface area (Å²) in [5.74, 6) is 0.465. The molecular weight excluding hydrogens is 326 g/mol. The van der Waals surface area contributed by atoms with Crippen molar-refractivity contribution in [2.75, 3.05) is 0 Å². The van der Waals surface area contributed by atoms with Gasteiger partial charge in [0.2, 0.25) is 0 Å². The molecule has 21 heavy (non-hydrogen) atoms. The van der Waals surface area contributed by atoms with Crippen LogP contribution in [0.4, 0.5) is 0 Å². The topological polar surface area (TPSA) is 29.1 Å². The normalized spacial score (nSPS) is 12.2. The summed E-state index contributed by atoms with van der Waals surface area (Å²) in [6.45, 7) is 4.33. The second-order valence-electron chi connectivity index (χ2n) is 5.55. The second kappa shape index (κ2) is 7.41. The van der Waals surface area contributed by atoms with Gasteiger partial charge in [-0.3, -0.25) is 4.79 Å². The molecule has 0 aliphatic carbocycles. The zero-order valence-corrected chi connectivity index (χ0v) is 13.9. The lowest BCUT2D eigenvalue weighted by Crippen LogP contribution is -2.29. The molecule has 0 bridgehead atoms. The molecule has 0 radical (unpaired) electrons. The lowest BCUT2D eigenvalue weighted by Gasteiger charge is -2.21. The first kappa shape index (κ1) is 15.8. The monoisotopic (exact) mass is 345 g/mol. The first-order valence-electron chi connectivity index (χ1n) is 7.18. The molecule has 110 valence electrons. The summed E-state index contributed by atoms with van der Waals surface area (Å²) in [4.78, 5) is 12.5. The highest BCUT2D eigenvalue weighted by atomic mass is 79.9. The SMILES string of the molecule is CC(C)CC(NC(=O)c1ccccc1Br)c1ccccc1. The molecule has 1 N–H and O–H groups in total. The molecule has 0 heterocycles. The van der Waals surface area contributed by atoms with E-state index in [4.69, 9.17) is 0 Å². The molecule has 0 aliphatic heterocycles. The summed E-state index contributed by atoms with van der Waals surface area (Å²) in [6, 6.07) is 17.7. The lowest BCUT2D eigenvalue weighted by atomic mass is 9.96. The van der Waals surface area contributed by atoms with Crippen molar-refractivity contribution in [1.82, 2.24) is 5.32 Å². The highest BCUT2D eigenvalue weighted by Gasteiger charge is 2.18. The van der Waals surface area contributed by atoms with Crippen LogP contribution < -0.4 is 5.32 Å². The van der Waals surface area contributed by atoms with Crippen molar-refractivity contribution < 1.29 is 4.79 Å². The molecule has 0 spiro atoms. The van der Waals surface area contributed by atoms with E-state index in [1.54, 1.807) is 0 Å². The van der Waals surface area contributed by atoms with Crippen molar-refractivity contribution in [3.05, 3.63) is 70.2 Å². The fraction of sp³-hybridized carbons (Fsp3) is 0.278. The van der Waals surface area contributed by atoms with E-state index < -0.39 is 0 Å². The van der Waals surface area contributed by atoms with Crippen LogP contribution >= 0.6 is 15.9 Å². The number of halogens is 1. The van der Waals surface area contributed by atoms with E-state index in [2.05, 4.69) is 47.2 Å². The van der Waals surface area contributed by atoms with E-state index in [-0.39, 0.29) is 11.9 Å². The number of benzene rings is 2. The number of carbonyl (C=O) groups excluding carboxylic acids is 1. The fourth-order valence-electron chi connectivity index (χ4n) is 2.32. The number of hydrogen-bond acceptors (Lipinski definition) is 1. The van der Waals surface area contributed by atoms with Crippen LogP contribution in [0.5, 0.6) is 0 Å². The van der Waals surface area contributed by atoms with Gasteiger partial charge in [0.1, 0.15) is 0 Å². The summed E-state index contributed by atoms with van der Waals surface area (Å²) in [7, 11) is 0. The maximum Gasteiger partial charge on any atom is 0.252 e.